The fourth-order valence-electron chi connectivity index (χ4n) is 3.42. The summed E-state index contributed by atoms with van der Waals surface area (Å²) in [4.78, 5) is 4.56. The molecule has 1 aliphatic heterocycles. The first-order valence-electron chi connectivity index (χ1n) is 8.07. The van der Waals surface area contributed by atoms with Crippen LogP contribution in [0.3, 0.4) is 0 Å². The van der Waals surface area contributed by atoms with Crippen molar-refractivity contribution in [3.8, 4) is 0 Å². The van der Waals surface area contributed by atoms with Crippen LogP contribution in [0.15, 0.2) is 12.3 Å². The Balaban J connectivity index is 1.80. The minimum atomic E-state index is 0.297. The van der Waals surface area contributed by atoms with Crippen LogP contribution in [0.2, 0.25) is 0 Å². The third-order valence-electron chi connectivity index (χ3n) is 4.53. The lowest BCUT2D eigenvalue weighted by Gasteiger charge is -2.36. The standard InChI is InChI=1S/C17H26N4S/c1-11-8-16-18-10-15(13(3)21(16)20-11)12(2)19-14-6-7-22-17(4,5)9-14/h8,10,12,14,19H,6-7,9H2,1-5H3. The highest BCUT2D eigenvalue weighted by atomic mass is 32.2. The van der Waals surface area contributed by atoms with Gasteiger partial charge < -0.3 is 5.32 Å². The number of nitrogens with zero attached hydrogens (tertiary/aromatic N) is 3. The Hall–Kier alpha value is -1.07. The van der Waals surface area contributed by atoms with Gasteiger partial charge in [0.1, 0.15) is 0 Å². The molecule has 0 amide bonds. The topological polar surface area (TPSA) is 42.2 Å². The van der Waals surface area contributed by atoms with Gasteiger partial charge in [-0.3, -0.25) is 0 Å². The third-order valence-corrected chi connectivity index (χ3v) is 5.92. The summed E-state index contributed by atoms with van der Waals surface area (Å²) in [6.07, 6.45) is 4.47. The van der Waals surface area contributed by atoms with Gasteiger partial charge in [0.05, 0.1) is 5.69 Å². The minimum absolute atomic E-state index is 0.297. The summed E-state index contributed by atoms with van der Waals surface area (Å²) in [7, 11) is 0. The second kappa shape index (κ2) is 5.85. The van der Waals surface area contributed by atoms with Gasteiger partial charge in [-0.15, -0.1) is 0 Å². The first kappa shape index (κ1) is 15.8. The molecule has 0 spiro atoms. The van der Waals surface area contributed by atoms with Crippen LogP contribution in [-0.2, 0) is 0 Å². The Labute approximate surface area is 137 Å². The Morgan fingerprint density at radius 1 is 1.41 bits per heavy atom. The highest BCUT2D eigenvalue weighted by molar-refractivity contribution is 8.00. The molecule has 5 heteroatoms. The molecule has 0 saturated carbocycles. The molecule has 1 fully saturated rings. The molecule has 0 aliphatic carbocycles. The largest absolute Gasteiger partial charge is 0.307 e. The summed E-state index contributed by atoms with van der Waals surface area (Å²) in [6.45, 7) is 11.1. The fourth-order valence-corrected chi connectivity index (χ4v) is 4.69. The molecule has 2 aromatic heterocycles. The van der Waals surface area contributed by atoms with E-state index in [2.05, 4.69) is 54.9 Å². The van der Waals surface area contributed by atoms with Gasteiger partial charge in [-0.1, -0.05) is 13.8 Å². The Kier molecular flexibility index (Phi) is 4.21. The van der Waals surface area contributed by atoms with Gasteiger partial charge in [0.15, 0.2) is 5.65 Å². The van der Waals surface area contributed by atoms with Crippen molar-refractivity contribution in [1.82, 2.24) is 19.9 Å². The fraction of sp³-hybridized carbons (Fsp3) is 0.647. The molecule has 4 nitrogen and oxygen atoms in total. The van der Waals surface area contributed by atoms with Crippen LogP contribution < -0.4 is 5.32 Å². The number of fused-ring (bicyclic) bond motifs is 1. The smallest absolute Gasteiger partial charge is 0.155 e. The van der Waals surface area contributed by atoms with Gasteiger partial charge in [0.25, 0.3) is 0 Å². The van der Waals surface area contributed by atoms with Crippen molar-refractivity contribution < 1.29 is 0 Å². The minimum Gasteiger partial charge on any atom is -0.307 e. The molecule has 0 aromatic carbocycles. The first-order chi connectivity index (χ1) is 10.4. The molecule has 2 unspecified atom stereocenters. The molecule has 3 heterocycles. The number of aromatic nitrogens is 3. The summed E-state index contributed by atoms with van der Waals surface area (Å²) in [5.74, 6) is 1.24. The summed E-state index contributed by atoms with van der Waals surface area (Å²) in [5, 5.41) is 8.36. The Bertz CT molecular complexity index is 677. The molecule has 0 bridgehead atoms. The predicted octanol–water partition coefficient (Wildman–Crippen LogP) is 3.67. The maximum absolute atomic E-state index is 4.56. The van der Waals surface area contributed by atoms with Crippen molar-refractivity contribution in [2.75, 3.05) is 5.75 Å². The summed E-state index contributed by atoms with van der Waals surface area (Å²) >= 11 is 2.09. The number of hydrogen-bond donors (Lipinski definition) is 1. The van der Waals surface area contributed by atoms with E-state index in [4.69, 9.17) is 0 Å². The highest BCUT2D eigenvalue weighted by Crippen LogP contribution is 2.36. The van der Waals surface area contributed by atoms with Gasteiger partial charge >= 0.3 is 0 Å². The van der Waals surface area contributed by atoms with Gasteiger partial charge in [0.2, 0.25) is 0 Å². The van der Waals surface area contributed by atoms with Crippen LogP contribution in [-0.4, -0.2) is 31.1 Å². The van der Waals surface area contributed by atoms with Crippen molar-refractivity contribution >= 4 is 17.4 Å². The van der Waals surface area contributed by atoms with E-state index in [9.17, 15) is 0 Å². The van der Waals surface area contributed by atoms with E-state index in [1.165, 1.54) is 29.9 Å². The maximum Gasteiger partial charge on any atom is 0.155 e. The third kappa shape index (κ3) is 3.15. The molecule has 2 aromatic rings. The van der Waals surface area contributed by atoms with Crippen LogP contribution in [0.4, 0.5) is 0 Å². The van der Waals surface area contributed by atoms with Crippen LogP contribution in [0, 0.1) is 13.8 Å². The predicted molar refractivity (Wildman–Crippen MR) is 93.6 cm³/mol. The van der Waals surface area contributed by atoms with E-state index in [1.807, 2.05) is 23.7 Å². The van der Waals surface area contributed by atoms with Gasteiger partial charge in [-0.05, 0) is 39.4 Å². The monoisotopic (exact) mass is 318 g/mol. The molecule has 1 aliphatic rings. The normalized spacial score (nSPS) is 22.9. The average Bonchev–Trinajstić information content (AvgIpc) is 2.79. The highest BCUT2D eigenvalue weighted by Gasteiger charge is 2.29. The van der Waals surface area contributed by atoms with Gasteiger partial charge in [-0.2, -0.15) is 16.9 Å². The van der Waals surface area contributed by atoms with Crippen molar-refractivity contribution in [1.29, 1.82) is 0 Å². The molecular weight excluding hydrogens is 292 g/mol. The number of nitrogens with one attached hydrogen (secondary N) is 1. The molecule has 1 saturated heterocycles. The summed E-state index contributed by atoms with van der Waals surface area (Å²) < 4.78 is 2.34. The molecule has 0 radical (unpaired) electrons. The van der Waals surface area contributed by atoms with E-state index < -0.39 is 0 Å². The lowest BCUT2D eigenvalue weighted by atomic mass is 9.98. The number of hydrogen-bond acceptors (Lipinski definition) is 4. The zero-order chi connectivity index (χ0) is 15.9. The summed E-state index contributed by atoms with van der Waals surface area (Å²) in [5.41, 5.74) is 4.37. The van der Waals surface area contributed by atoms with E-state index in [0.29, 0.717) is 16.8 Å². The Morgan fingerprint density at radius 2 is 2.18 bits per heavy atom. The van der Waals surface area contributed by atoms with Crippen LogP contribution in [0.25, 0.3) is 5.65 Å². The Morgan fingerprint density at radius 3 is 2.91 bits per heavy atom. The molecule has 22 heavy (non-hydrogen) atoms. The molecule has 2 atom stereocenters. The number of thioether (sulfide) groups is 1. The zero-order valence-electron chi connectivity index (χ0n) is 14.2. The average molecular weight is 318 g/mol. The molecular formula is C17H26N4S. The van der Waals surface area contributed by atoms with Crippen LogP contribution >= 0.6 is 11.8 Å². The van der Waals surface area contributed by atoms with Crippen LogP contribution in [0.5, 0.6) is 0 Å². The van der Waals surface area contributed by atoms with E-state index in [1.54, 1.807) is 0 Å². The van der Waals surface area contributed by atoms with Crippen molar-refractivity contribution in [2.45, 2.75) is 64.3 Å². The second-order valence-electron chi connectivity index (χ2n) is 7.04. The second-order valence-corrected chi connectivity index (χ2v) is 8.84. The molecule has 3 rings (SSSR count). The molecule has 120 valence electrons. The van der Waals surface area contributed by atoms with E-state index in [-0.39, 0.29) is 0 Å². The van der Waals surface area contributed by atoms with Gasteiger partial charge in [0, 0.05) is 40.4 Å². The first-order valence-corrected chi connectivity index (χ1v) is 9.06. The SMILES string of the molecule is Cc1cc2ncc(C(C)NC3CCSC(C)(C)C3)c(C)n2n1. The maximum atomic E-state index is 4.56. The summed E-state index contributed by atoms with van der Waals surface area (Å²) in [6, 6.07) is 2.90. The lowest BCUT2D eigenvalue weighted by Crippen LogP contribution is -2.40. The van der Waals surface area contributed by atoms with Crippen molar-refractivity contribution in [2.24, 2.45) is 0 Å². The zero-order valence-corrected chi connectivity index (χ0v) is 15.0. The number of rotatable bonds is 3. The van der Waals surface area contributed by atoms with Gasteiger partial charge in [-0.25, -0.2) is 9.50 Å². The van der Waals surface area contributed by atoms with Crippen LogP contribution in [0.1, 0.15) is 56.6 Å². The lowest BCUT2D eigenvalue weighted by molar-refractivity contribution is 0.381. The van der Waals surface area contributed by atoms with E-state index in [0.717, 1.165) is 11.3 Å². The number of aryl methyl sites for hydroxylation is 2. The quantitative estimate of drug-likeness (QED) is 0.937. The van der Waals surface area contributed by atoms with Crippen molar-refractivity contribution in [3.63, 3.8) is 0 Å². The van der Waals surface area contributed by atoms with E-state index >= 15 is 0 Å². The molecule has 1 N–H and O–H groups in total. The van der Waals surface area contributed by atoms with Crippen molar-refractivity contribution in [3.05, 3.63) is 29.2 Å².